The molecule has 1 aliphatic heterocycles. The summed E-state index contributed by atoms with van der Waals surface area (Å²) in [6.45, 7) is 3.02. The van der Waals surface area contributed by atoms with E-state index in [1.165, 1.54) is 17.0 Å². The van der Waals surface area contributed by atoms with Gasteiger partial charge in [0.2, 0.25) is 5.91 Å². The van der Waals surface area contributed by atoms with E-state index in [0.717, 1.165) is 0 Å². The highest BCUT2D eigenvalue weighted by Gasteiger charge is 2.41. The summed E-state index contributed by atoms with van der Waals surface area (Å²) in [5, 5.41) is 13.3. The highest BCUT2D eigenvalue weighted by molar-refractivity contribution is 5.95. The smallest absolute Gasteiger partial charge is 0.379 e. The van der Waals surface area contributed by atoms with Crippen LogP contribution in [0.1, 0.15) is 47.1 Å². The van der Waals surface area contributed by atoms with E-state index in [1.54, 1.807) is 12.3 Å². The molecule has 0 radical (unpaired) electrons. The number of aromatic nitrogens is 4. The number of nitrogens with zero attached hydrogens (tertiary/aromatic N) is 4. The molecule has 0 aliphatic carbocycles. The van der Waals surface area contributed by atoms with Gasteiger partial charge >= 0.3 is 6.18 Å². The number of alkyl halides is 3. The van der Waals surface area contributed by atoms with E-state index >= 15 is 0 Å². The molecule has 0 spiro atoms. The molecular weight excluding hydrogens is 445 g/mol. The maximum atomic E-state index is 12.6. The van der Waals surface area contributed by atoms with E-state index in [4.69, 9.17) is 9.26 Å². The average molecular weight is 466 g/mol. The number of carbonyl (C=O) groups is 2. The van der Waals surface area contributed by atoms with Crippen LogP contribution in [0.3, 0.4) is 0 Å². The van der Waals surface area contributed by atoms with E-state index in [0.29, 0.717) is 41.4 Å². The zero-order chi connectivity index (χ0) is 23.6. The molecule has 0 unspecified atom stereocenters. The molecule has 33 heavy (non-hydrogen) atoms. The first-order valence-electron chi connectivity index (χ1n) is 10.1. The predicted molar refractivity (Wildman–Crippen MR) is 106 cm³/mol. The molecule has 0 bridgehead atoms. The van der Waals surface area contributed by atoms with E-state index < -0.39 is 24.9 Å². The van der Waals surface area contributed by atoms with Crippen molar-refractivity contribution in [3.63, 3.8) is 0 Å². The minimum Gasteiger partial charge on any atom is -0.379 e. The maximum absolute atomic E-state index is 12.6. The molecule has 1 saturated heterocycles. The number of halogens is 3. The van der Waals surface area contributed by atoms with Crippen LogP contribution in [0, 0.1) is 0 Å². The largest absolute Gasteiger partial charge is 0.389 e. The first kappa shape index (κ1) is 22.7. The first-order chi connectivity index (χ1) is 15.6. The van der Waals surface area contributed by atoms with Crippen molar-refractivity contribution in [2.24, 2.45) is 0 Å². The van der Waals surface area contributed by atoms with Gasteiger partial charge in [0.15, 0.2) is 5.65 Å². The number of rotatable bonds is 8. The van der Waals surface area contributed by atoms with E-state index in [2.05, 4.69) is 25.9 Å². The number of amides is 2. The van der Waals surface area contributed by atoms with Gasteiger partial charge in [0.05, 0.1) is 49.7 Å². The monoisotopic (exact) mass is 466 g/mol. The molecule has 4 heterocycles. The summed E-state index contributed by atoms with van der Waals surface area (Å²) in [7, 11) is 0. The number of carbonyl (C=O) groups excluding carboxylic acids is 2. The fourth-order valence-corrected chi connectivity index (χ4v) is 3.34. The molecule has 176 valence electrons. The third-order valence-electron chi connectivity index (χ3n) is 5.21. The van der Waals surface area contributed by atoms with Gasteiger partial charge in [0.1, 0.15) is 17.5 Å². The Morgan fingerprint density at radius 3 is 2.73 bits per heavy atom. The van der Waals surface area contributed by atoms with Crippen molar-refractivity contribution in [1.82, 2.24) is 30.4 Å². The van der Waals surface area contributed by atoms with Crippen molar-refractivity contribution in [2.75, 3.05) is 13.2 Å². The zero-order valence-corrected chi connectivity index (χ0v) is 17.6. The Kier molecular flexibility index (Phi) is 6.06. The Labute approximate surface area is 185 Å². The SMILES string of the molecule is CC1(c2nocc2C(=O)NCc2cn3ncc(CNC(=O)CCC(F)(F)F)cc3n2)COC1. The second kappa shape index (κ2) is 8.81. The van der Waals surface area contributed by atoms with Crippen molar-refractivity contribution >= 4 is 17.5 Å². The molecule has 0 aromatic carbocycles. The second-order valence-electron chi connectivity index (χ2n) is 8.10. The summed E-state index contributed by atoms with van der Waals surface area (Å²) in [5.41, 5.74) is 2.11. The summed E-state index contributed by atoms with van der Waals surface area (Å²) in [6.07, 6.45) is -1.77. The molecule has 1 aliphatic rings. The molecule has 2 N–H and O–H groups in total. The maximum Gasteiger partial charge on any atom is 0.389 e. The minimum absolute atomic E-state index is 0.0257. The number of imidazole rings is 1. The lowest BCUT2D eigenvalue weighted by atomic mass is 9.83. The van der Waals surface area contributed by atoms with E-state index in [-0.39, 0.29) is 24.4 Å². The molecular formula is C20H21F3N6O4. The van der Waals surface area contributed by atoms with E-state index in [1.807, 2.05) is 6.92 Å². The topological polar surface area (TPSA) is 124 Å². The third kappa shape index (κ3) is 5.30. The van der Waals surface area contributed by atoms with Gasteiger partial charge in [0, 0.05) is 13.0 Å². The molecule has 4 rings (SSSR count). The summed E-state index contributed by atoms with van der Waals surface area (Å²) < 4.78 is 48.3. The standard InChI is InChI=1S/C20H21F3N6O4/c1-19(10-32-11-19)17-14(9-33-28-17)18(31)25-7-13-8-29-15(27-13)4-12(6-26-29)5-24-16(30)2-3-20(21,22)23/h4,6,8-9H,2-3,5,7,10-11H2,1H3,(H,24,30)(H,25,31). The van der Waals surface area contributed by atoms with Crippen LogP contribution in [0.15, 0.2) is 29.2 Å². The molecule has 13 heteroatoms. The summed E-state index contributed by atoms with van der Waals surface area (Å²) in [4.78, 5) is 28.6. The molecule has 1 fully saturated rings. The van der Waals surface area contributed by atoms with Crippen LogP contribution >= 0.6 is 0 Å². The van der Waals surface area contributed by atoms with Crippen molar-refractivity contribution in [3.05, 3.63) is 47.2 Å². The lowest BCUT2D eigenvalue weighted by molar-refractivity contribution is -0.144. The molecule has 3 aromatic rings. The minimum atomic E-state index is -4.38. The normalized spacial score (nSPS) is 15.3. The number of hydrogen-bond donors (Lipinski definition) is 2. The Morgan fingerprint density at radius 1 is 1.24 bits per heavy atom. The average Bonchev–Trinajstić information content (AvgIpc) is 3.39. The lowest BCUT2D eigenvalue weighted by Crippen LogP contribution is -2.45. The van der Waals surface area contributed by atoms with Crippen LogP contribution in [-0.4, -0.2) is 51.0 Å². The Hall–Kier alpha value is -3.48. The highest BCUT2D eigenvalue weighted by atomic mass is 19.4. The van der Waals surface area contributed by atoms with Crippen molar-refractivity contribution in [2.45, 2.75) is 44.4 Å². The molecule has 3 aromatic heterocycles. The van der Waals surface area contributed by atoms with Gasteiger partial charge in [-0.2, -0.15) is 18.3 Å². The van der Waals surface area contributed by atoms with Crippen LogP contribution in [0.4, 0.5) is 13.2 Å². The van der Waals surface area contributed by atoms with Crippen molar-refractivity contribution in [1.29, 1.82) is 0 Å². The van der Waals surface area contributed by atoms with Gasteiger partial charge < -0.3 is 19.9 Å². The molecule has 10 nitrogen and oxygen atoms in total. The molecule has 0 saturated carbocycles. The van der Waals surface area contributed by atoms with Gasteiger partial charge in [-0.3, -0.25) is 9.59 Å². The third-order valence-corrected chi connectivity index (χ3v) is 5.21. The van der Waals surface area contributed by atoms with Crippen LogP contribution in [0.25, 0.3) is 5.65 Å². The van der Waals surface area contributed by atoms with Crippen molar-refractivity contribution in [3.8, 4) is 0 Å². The van der Waals surface area contributed by atoms with Gasteiger partial charge in [-0.1, -0.05) is 5.16 Å². The summed E-state index contributed by atoms with van der Waals surface area (Å²) >= 11 is 0. The Morgan fingerprint density at radius 2 is 2.03 bits per heavy atom. The number of ether oxygens (including phenoxy) is 1. The van der Waals surface area contributed by atoms with E-state index in [9.17, 15) is 22.8 Å². The Bertz CT molecular complexity index is 1170. The highest BCUT2D eigenvalue weighted by Crippen LogP contribution is 2.32. The van der Waals surface area contributed by atoms with Gasteiger partial charge in [-0.15, -0.1) is 0 Å². The van der Waals surface area contributed by atoms with Crippen LogP contribution in [0.5, 0.6) is 0 Å². The number of hydrogen-bond acceptors (Lipinski definition) is 7. The number of nitrogens with one attached hydrogen (secondary N) is 2. The number of fused-ring (bicyclic) bond motifs is 1. The predicted octanol–water partition coefficient (Wildman–Crippen LogP) is 1.89. The summed E-state index contributed by atoms with van der Waals surface area (Å²) in [6, 6.07) is 1.65. The second-order valence-corrected chi connectivity index (χ2v) is 8.10. The quantitative estimate of drug-likeness (QED) is 0.520. The lowest BCUT2D eigenvalue weighted by Gasteiger charge is -2.36. The molecule has 0 atom stereocenters. The van der Waals surface area contributed by atoms with Gasteiger partial charge in [-0.05, 0) is 18.6 Å². The van der Waals surface area contributed by atoms with Gasteiger partial charge in [-0.25, -0.2) is 9.50 Å². The first-order valence-corrected chi connectivity index (χ1v) is 10.1. The van der Waals surface area contributed by atoms with Crippen LogP contribution in [-0.2, 0) is 28.0 Å². The van der Waals surface area contributed by atoms with Crippen LogP contribution in [0.2, 0.25) is 0 Å². The Balaban J connectivity index is 1.34. The zero-order valence-electron chi connectivity index (χ0n) is 17.6. The van der Waals surface area contributed by atoms with Gasteiger partial charge in [0.25, 0.3) is 5.91 Å². The fraction of sp³-hybridized carbons (Fsp3) is 0.450. The fourth-order valence-electron chi connectivity index (χ4n) is 3.34. The summed E-state index contributed by atoms with van der Waals surface area (Å²) in [5.74, 6) is -1.05. The van der Waals surface area contributed by atoms with Crippen LogP contribution < -0.4 is 10.6 Å². The van der Waals surface area contributed by atoms with Crippen molar-refractivity contribution < 1.29 is 32.0 Å². The molecule has 2 amide bonds.